The first-order valence-electron chi connectivity index (χ1n) is 6.47. The minimum absolute atomic E-state index is 0.148. The Morgan fingerprint density at radius 1 is 1.17 bits per heavy atom. The van der Waals surface area contributed by atoms with Crippen LogP contribution in [0, 0.1) is 0 Å². The first-order valence-corrected chi connectivity index (χ1v) is 6.47. The largest absolute Gasteiger partial charge is 0.419 e. The first kappa shape index (κ1) is 12.8. The molecule has 4 heteroatoms. The average Bonchev–Trinajstić information content (AvgIpc) is 2.90. The van der Waals surface area contributed by atoms with E-state index in [2.05, 4.69) is 29.4 Å². The molecule has 0 spiro atoms. The highest BCUT2D eigenvalue weighted by Crippen LogP contribution is 2.21. The molecule has 0 bridgehead atoms. The molecule has 1 aromatic carbocycles. The molecule has 0 saturated heterocycles. The molecule has 0 amide bonds. The van der Waals surface area contributed by atoms with Crippen LogP contribution in [-0.2, 0) is 0 Å². The second-order valence-electron chi connectivity index (χ2n) is 4.23. The molecule has 18 heavy (non-hydrogen) atoms. The molecule has 0 fully saturated rings. The van der Waals surface area contributed by atoms with E-state index < -0.39 is 0 Å². The fourth-order valence-electron chi connectivity index (χ4n) is 1.80. The van der Waals surface area contributed by atoms with Crippen LogP contribution in [0.15, 0.2) is 34.7 Å². The summed E-state index contributed by atoms with van der Waals surface area (Å²) >= 11 is 0. The lowest BCUT2D eigenvalue weighted by Gasteiger charge is -2.11. The molecule has 0 aliphatic heterocycles. The summed E-state index contributed by atoms with van der Waals surface area (Å²) in [4.78, 5) is 0. The Morgan fingerprint density at radius 3 is 2.61 bits per heavy atom. The molecule has 96 valence electrons. The molecule has 1 unspecified atom stereocenters. The maximum atomic E-state index is 5.74. The van der Waals surface area contributed by atoms with Crippen LogP contribution in [0.5, 0.6) is 0 Å². The molecule has 0 radical (unpaired) electrons. The Kier molecular flexibility index (Phi) is 4.47. The fourth-order valence-corrected chi connectivity index (χ4v) is 1.80. The van der Waals surface area contributed by atoms with Crippen LogP contribution in [0.4, 0.5) is 0 Å². The lowest BCUT2D eigenvalue weighted by Crippen LogP contribution is -2.21. The van der Waals surface area contributed by atoms with Crippen molar-refractivity contribution in [1.82, 2.24) is 15.5 Å². The van der Waals surface area contributed by atoms with E-state index >= 15 is 0 Å². The number of nitrogens with one attached hydrogen (secondary N) is 1. The number of nitrogens with zero attached hydrogens (tertiary/aromatic N) is 2. The standard InChI is InChI=1S/C14H19N3O/c1-3-10-15-12(4-2)14-17-16-13(18-14)11-8-6-5-7-9-11/h5-9,12,15H,3-4,10H2,1-2H3. The molecule has 0 saturated carbocycles. The van der Waals surface area contributed by atoms with Gasteiger partial charge in [0.05, 0.1) is 6.04 Å². The summed E-state index contributed by atoms with van der Waals surface area (Å²) in [5, 5.41) is 11.6. The summed E-state index contributed by atoms with van der Waals surface area (Å²) in [7, 11) is 0. The van der Waals surface area contributed by atoms with Gasteiger partial charge in [-0.3, -0.25) is 0 Å². The minimum atomic E-state index is 0.148. The highest BCUT2D eigenvalue weighted by molar-refractivity contribution is 5.51. The van der Waals surface area contributed by atoms with E-state index in [1.807, 2.05) is 30.3 Å². The zero-order valence-electron chi connectivity index (χ0n) is 10.9. The van der Waals surface area contributed by atoms with Crippen molar-refractivity contribution in [3.05, 3.63) is 36.2 Å². The Morgan fingerprint density at radius 2 is 1.94 bits per heavy atom. The van der Waals surface area contributed by atoms with Gasteiger partial charge in [0.1, 0.15) is 0 Å². The van der Waals surface area contributed by atoms with Gasteiger partial charge in [0.25, 0.3) is 0 Å². The van der Waals surface area contributed by atoms with E-state index in [1.165, 1.54) is 0 Å². The van der Waals surface area contributed by atoms with Gasteiger partial charge in [0.2, 0.25) is 11.8 Å². The number of benzene rings is 1. The molecular weight excluding hydrogens is 226 g/mol. The van der Waals surface area contributed by atoms with Crippen molar-refractivity contribution in [1.29, 1.82) is 0 Å². The Labute approximate surface area is 107 Å². The number of hydrogen-bond donors (Lipinski definition) is 1. The van der Waals surface area contributed by atoms with E-state index in [0.717, 1.165) is 24.9 Å². The molecule has 2 aromatic rings. The Bertz CT molecular complexity index is 467. The molecule has 1 aromatic heterocycles. The van der Waals surface area contributed by atoms with Gasteiger partial charge in [-0.25, -0.2) is 0 Å². The van der Waals surface area contributed by atoms with Crippen molar-refractivity contribution in [3.63, 3.8) is 0 Å². The van der Waals surface area contributed by atoms with Crippen molar-refractivity contribution in [2.75, 3.05) is 6.54 Å². The number of hydrogen-bond acceptors (Lipinski definition) is 4. The predicted molar refractivity (Wildman–Crippen MR) is 71.1 cm³/mol. The van der Waals surface area contributed by atoms with Crippen molar-refractivity contribution in [2.24, 2.45) is 0 Å². The molecule has 1 atom stereocenters. The smallest absolute Gasteiger partial charge is 0.247 e. The van der Waals surface area contributed by atoms with Crippen LogP contribution in [-0.4, -0.2) is 16.7 Å². The van der Waals surface area contributed by atoms with Gasteiger partial charge in [-0.05, 0) is 31.5 Å². The average molecular weight is 245 g/mol. The van der Waals surface area contributed by atoms with Gasteiger partial charge in [-0.1, -0.05) is 32.0 Å². The molecule has 4 nitrogen and oxygen atoms in total. The molecule has 0 aliphatic rings. The second kappa shape index (κ2) is 6.31. The molecule has 2 rings (SSSR count). The summed E-state index contributed by atoms with van der Waals surface area (Å²) in [5.74, 6) is 1.26. The lowest BCUT2D eigenvalue weighted by molar-refractivity contribution is 0.396. The molecule has 0 aliphatic carbocycles. The highest BCUT2D eigenvalue weighted by Gasteiger charge is 2.16. The normalized spacial score (nSPS) is 12.6. The molecule has 1 N–H and O–H groups in total. The van der Waals surface area contributed by atoms with Crippen LogP contribution in [0.3, 0.4) is 0 Å². The van der Waals surface area contributed by atoms with Crippen molar-refractivity contribution < 1.29 is 4.42 Å². The van der Waals surface area contributed by atoms with E-state index in [0.29, 0.717) is 11.8 Å². The lowest BCUT2D eigenvalue weighted by atomic mass is 10.2. The monoisotopic (exact) mass is 245 g/mol. The third kappa shape index (κ3) is 2.96. The summed E-state index contributed by atoms with van der Waals surface area (Å²) in [6.07, 6.45) is 2.03. The van der Waals surface area contributed by atoms with E-state index in [9.17, 15) is 0 Å². The zero-order valence-corrected chi connectivity index (χ0v) is 10.9. The SMILES string of the molecule is CCCNC(CC)c1nnc(-c2ccccc2)o1. The quantitative estimate of drug-likeness (QED) is 0.849. The predicted octanol–water partition coefficient (Wildman–Crippen LogP) is 3.19. The van der Waals surface area contributed by atoms with Crippen LogP contribution in [0.1, 0.15) is 38.6 Å². The van der Waals surface area contributed by atoms with Gasteiger partial charge in [-0.15, -0.1) is 10.2 Å². The topological polar surface area (TPSA) is 51.0 Å². The van der Waals surface area contributed by atoms with Gasteiger partial charge in [-0.2, -0.15) is 0 Å². The summed E-state index contributed by atoms with van der Waals surface area (Å²) in [5.41, 5.74) is 0.960. The maximum Gasteiger partial charge on any atom is 0.247 e. The number of rotatable bonds is 6. The van der Waals surface area contributed by atoms with Gasteiger partial charge < -0.3 is 9.73 Å². The fraction of sp³-hybridized carbons (Fsp3) is 0.429. The van der Waals surface area contributed by atoms with Crippen LogP contribution in [0.25, 0.3) is 11.5 Å². The van der Waals surface area contributed by atoms with Crippen molar-refractivity contribution in [2.45, 2.75) is 32.7 Å². The van der Waals surface area contributed by atoms with E-state index in [1.54, 1.807) is 0 Å². The van der Waals surface area contributed by atoms with Gasteiger partial charge in [0, 0.05) is 5.56 Å². The highest BCUT2D eigenvalue weighted by atomic mass is 16.4. The number of aromatic nitrogens is 2. The zero-order chi connectivity index (χ0) is 12.8. The van der Waals surface area contributed by atoms with Gasteiger partial charge in [0.15, 0.2) is 0 Å². The Balaban J connectivity index is 2.14. The van der Waals surface area contributed by atoms with Crippen molar-refractivity contribution in [3.8, 4) is 11.5 Å². The van der Waals surface area contributed by atoms with Crippen LogP contribution in [0.2, 0.25) is 0 Å². The van der Waals surface area contributed by atoms with Crippen LogP contribution >= 0.6 is 0 Å². The third-order valence-corrected chi connectivity index (χ3v) is 2.81. The molecular formula is C14H19N3O. The third-order valence-electron chi connectivity index (χ3n) is 2.81. The Hall–Kier alpha value is -1.68. The van der Waals surface area contributed by atoms with Crippen molar-refractivity contribution >= 4 is 0 Å². The summed E-state index contributed by atoms with van der Waals surface area (Å²) in [6, 6.07) is 9.99. The van der Waals surface area contributed by atoms with Crippen LogP contribution < -0.4 is 5.32 Å². The van der Waals surface area contributed by atoms with Gasteiger partial charge >= 0.3 is 0 Å². The minimum Gasteiger partial charge on any atom is -0.419 e. The summed E-state index contributed by atoms with van der Waals surface area (Å²) in [6.45, 7) is 5.21. The van der Waals surface area contributed by atoms with E-state index in [4.69, 9.17) is 4.42 Å². The first-order chi connectivity index (χ1) is 8.85. The maximum absolute atomic E-state index is 5.74. The molecule has 1 heterocycles. The van der Waals surface area contributed by atoms with E-state index in [-0.39, 0.29) is 6.04 Å². The summed E-state index contributed by atoms with van der Waals surface area (Å²) < 4.78 is 5.74. The second-order valence-corrected chi connectivity index (χ2v) is 4.23.